The summed E-state index contributed by atoms with van der Waals surface area (Å²) in [6.45, 7) is 6.90. The number of benzene rings is 2. The van der Waals surface area contributed by atoms with Gasteiger partial charge in [0.25, 0.3) is 0 Å². The molecule has 0 bridgehead atoms. The van der Waals surface area contributed by atoms with E-state index in [1.165, 1.54) is 31.3 Å². The fourth-order valence-electron chi connectivity index (χ4n) is 1.77. The summed E-state index contributed by atoms with van der Waals surface area (Å²) in [6, 6.07) is 12.5. The maximum absolute atomic E-state index is 13.2. The van der Waals surface area contributed by atoms with Gasteiger partial charge in [-0.15, -0.1) is 0 Å². The van der Waals surface area contributed by atoms with Gasteiger partial charge < -0.3 is 0 Å². The van der Waals surface area contributed by atoms with Gasteiger partial charge in [0.05, 0.1) is 10.3 Å². The molecule has 0 radical (unpaired) electrons. The molecule has 140 valence electrons. The second-order valence-electron chi connectivity index (χ2n) is 6.48. The van der Waals surface area contributed by atoms with Gasteiger partial charge in [-0.2, -0.15) is 4.40 Å². The van der Waals surface area contributed by atoms with Crippen molar-refractivity contribution in [2.75, 3.05) is 0 Å². The summed E-state index contributed by atoms with van der Waals surface area (Å²) in [7, 11) is -1.27. The van der Waals surface area contributed by atoms with Crippen LogP contribution < -0.4 is 0 Å². The molecule has 0 aromatic heterocycles. The van der Waals surface area contributed by atoms with Crippen LogP contribution in [-0.2, 0) is 17.4 Å². The highest BCUT2D eigenvalue weighted by Gasteiger charge is 2.17. The molecule has 0 amide bonds. The molecule has 0 fully saturated rings. The quantitative estimate of drug-likeness (QED) is 0.559. The maximum atomic E-state index is 13.2. The number of carbonyl (C=O) groups is 1. The van der Waals surface area contributed by atoms with Crippen LogP contribution in [0.2, 0.25) is 0 Å². The van der Waals surface area contributed by atoms with Crippen LogP contribution >= 0.6 is 0 Å². The van der Waals surface area contributed by atoms with Crippen molar-refractivity contribution in [2.45, 2.75) is 38.9 Å². The Morgan fingerprint density at radius 1 is 1.04 bits per heavy atom. The second kappa shape index (κ2) is 10.1. The molecule has 0 heterocycles. The predicted molar refractivity (Wildman–Crippen MR) is 103 cm³/mol. The van der Waals surface area contributed by atoms with E-state index in [9.17, 15) is 17.8 Å². The van der Waals surface area contributed by atoms with Crippen LogP contribution in [0.1, 0.15) is 43.6 Å². The lowest BCUT2D eigenvalue weighted by Gasteiger charge is -2.12. The molecule has 0 saturated carbocycles. The molecule has 1 atom stereocenters. The Balaban J connectivity index is 0.000000289. The topological polar surface area (TPSA) is 46.5 Å². The minimum Gasteiger partial charge on any atom is -0.294 e. The molecule has 26 heavy (non-hydrogen) atoms. The molecule has 0 saturated heterocycles. The van der Waals surface area contributed by atoms with Gasteiger partial charge in [0, 0.05) is 12.6 Å². The number of ketones is 1. The van der Waals surface area contributed by atoms with Crippen LogP contribution in [0.5, 0.6) is 0 Å². The Morgan fingerprint density at radius 2 is 1.58 bits per heavy atom. The molecule has 0 aliphatic rings. The molecular weight excluding hydrogens is 356 g/mol. The Labute approximate surface area is 155 Å². The third-order valence-corrected chi connectivity index (χ3v) is 4.60. The highest BCUT2D eigenvalue weighted by atomic mass is 32.2. The smallest absolute Gasteiger partial charge is 0.162 e. The van der Waals surface area contributed by atoms with Crippen LogP contribution in [-0.4, -0.2) is 21.0 Å². The van der Waals surface area contributed by atoms with Crippen molar-refractivity contribution in [1.29, 1.82) is 0 Å². The van der Waals surface area contributed by atoms with Crippen LogP contribution in [0.4, 0.5) is 8.78 Å². The van der Waals surface area contributed by atoms with Crippen molar-refractivity contribution in [3.05, 3.63) is 71.3 Å². The van der Waals surface area contributed by atoms with Crippen LogP contribution in [0.3, 0.4) is 0 Å². The highest BCUT2D eigenvalue weighted by molar-refractivity contribution is 7.85. The van der Waals surface area contributed by atoms with Crippen molar-refractivity contribution in [2.24, 2.45) is 4.40 Å². The first-order chi connectivity index (χ1) is 12.1. The molecule has 0 aliphatic heterocycles. The Hall–Kier alpha value is -2.21. The van der Waals surface area contributed by atoms with Gasteiger partial charge in [-0.3, -0.25) is 4.79 Å². The van der Waals surface area contributed by atoms with Gasteiger partial charge in [-0.25, -0.2) is 13.0 Å². The number of nitrogens with zero attached hydrogens (tertiary/aromatic N) is 1. The normalized spacial score (nSPS) is 12.4. The van der Waals surface area contributed by atoms with E-state index >= 15 is 0 Å². The zero-order valence-electron chi connectivity index (χ0n) is 15.3. The Kier molecular flexibility index (Phi) is 8.45. The van der Waals surface area contributed by atoms with E-state index in [4.69, 9.17) is 0 Å². The number of Topliss-reactive ketones (excluding diaryl/α,β-unsaturated/α-hetero) is 1. The SMILES string of the molecule is CC(=O)c1ccccc1F.CC(C)(C)S(=O)N=CCc1ccccc1F. The van der Waals surface area contributed by atoms with Gasteiger partial charge in [0.2, 0.25) is 0 Å². The largest absolute Gasteiger partial charge is 0.294 e. The zero-order valence-corrected chi connectivity index (χ0v) is 16.1. The number of carbonyl (C=O) groups excluding carboxylic acids is 1. The minimum absolute atomic E-state index is 0.155. The predicted octanol–water partition coefficient (Wildman–Crippen LogP) is 4.93. The van der Waals surface area contributed by atoms with Gasteiger partial charge in [-0.05, 0) is 51.5 Å². The van der Waals surface area contributed by atoms with E-state index in [0.29, 0.717) is 12.0 Å². The van der Waals surface area contributed by atoms with Gasteiger partial charge in [0.15, 0.2) is 5.78 Å². The summed E-state index contributed by atoms with van der Waals surface area (Å²) in [5.74, 6) is -0.941. The van der Waals surface area contributed by atoms with E-state index in [0.717, 1.165) is 0 Å². The number of hydrogen-bond acceptors (Lipinski definition) is 2. The molecule has 0 spiro atoms. The molecule has 3 nitrogen and oxygen atoms in total. The van der Waals surface area contributed by atoms with Gasteiger partial charge >= 0.3 is 0 Å². The summed E-state index contributed by atoms with van der Waals surface area (Å²) < 4.78 is 40.9. The summed E-state index contributed by atoms with van der Waals surface area (Å²) in [4.78, 5) is 10.6. The summed E-state index contributed by atoms with van der Waals surface area (Å²) >= 11 is 0. The Morgan fingerprint density at radius 3 is 2.04 bits per heavy atom. The lowest BCUT2D eigenvalue weighted by molar-refractivity contribution is 0.101. The molecule has 0 aliphatic carbocycles. The van der Waals surface area contributed by atoms with E-state index in [-0.39, 0.29) is 21.9 Å². The lowest BCUT2D eigenvalue weighted by atomic mass is 10.1. The minimum atomic E-state index is -1.27. The second-order valence-corrected chi connectivity index (χ2v) is 8.41. The Bertz CT molecular complexity index is 798. The number of hydrogen-bond donors (Lipinski definition) is 0. The molecule has 2 rings (SSSR count). The third kappa shape index (κ3) is 7.35. The standard InChI is InChI=1S/C12H16FNOS.C8H7FO/c1-12(2,3)16(15)14-9-8-10-6-4-5-7-11(10)13;1-6(10)7-4-2-3-5-8(7)9/h4-7,9H,8H2,1-3H3;2-5H,1H3. The molecule has 6 heteroatoms. The van der Waals surface area contributed by atoms with Crippen molar-refractivity contribution in [1.82, 2.24) is 0 Å². The third-order valence-electron chi connectivity index (χ3n) is 3.22. The molecule has 1 unspecified atom stereocenters. The maximum Gasteiger partial charge on any atom is 0.162 e. The average Bonchev–Trinajstić information content (AvgIpc) is 2.56. The summed E-state index contributed by atoms with van der Waals surface area (Å²) in [5.41, 5.74) is 0.722. The molecular formula is C20H23F2NO2S. The van der Waals surface area contributed by atoms with Crippen LogP contribution in [0.15, 0.2) is 52.9 Å². The molecule has 0 N–H and O–H groups in total. The zero-order chi connectivity index (χ0) is 19.7. The van der Waals surface area contributed by atoms with Gasteiger partial charge in [0.1, 0.15) is 22.6 Å². The summed E-state index contributed by atoms with van der Waals surface area (Å²) in [5, 5.41) is 0. The first-order valence-electron chi connectivity index (χ1n) is 8.06. The van der Waals surface area contributed by atoms with Crippen LogP contribution in [0.25, 0.3) is 0 Å². The van der Waals surface area contributed by atoms with Crippen molar-refractivity contribution >= 4 is 23.0 Å². The van der Waals surface area contributed by atoms with Crippen molar-refractivity contribution in [3.8, 4) is 0 Å². The fraction of sp³-hybridized carbons (Fsp3) is 0.300. The fourth-order valence-corrected chi connectivity index (χ4v) is 2.30. The number of halogens is 2. The van der Waals surface area contributed by atoms with E-state index < -0.39 is 16.8 Å². The van der Waals surface area contributed by atoms with Gasteiger partial charge in [-0.1, -0.05) is 30.3 Å². The number of rotatable bonds is 4. The first-order valence-corrected chi connectivity index (χ1v) is 9.17. The highest BCUT2D eigenvalue weighted by Crippen LogP contribution is 2.12. The van der Waals surface area contributed by atoms with Crippen molar-refractivity contribution < 1.29 is 17.8 Å². The first kappa shape index (κ1) is 21.8. The van der Waals surface area contributed by atoms with E-state index in [2.05, 4.69) is 4.40 Å². The summed E-state index contributed by atoms with van der Waals surface area (Å²) in [6.07, 6.45) is 1.88. The molecule has 2 aromatic carbocycles. The van der Waals surface area contributed by atoms with Crippen LogP contribution in [0, 0.1) is 11.6 Å². The lowest BCUT2D eigenvalue weighted by Crippen LogP contribution is -2.19. The van der Waals surface area contributed by atoms with E-state index in [1.54, 1.807) is 30.3 Å². The molecule has 2 aromatic rings. The van der Waals surface area contributed by atoms with E-state index in [1.807, 2.05) is 20.8 Å². The van der Waals surface area contributed by atoms with Crippen molar-refractivity contribution in [3.63, 3.8) is 0 Å². The average molecular weight is 379 g/mol. The monoisotopic (exact) mass is 379 g/mol.